The molecule has 0 aromatic carbocycles. The first-order valence-corrected chi connectivity index (χ1v) is 6.09. The van der Waals surface area contributed by atoms with Gasteiger partial charge in [0.15, 0.2) is 0 Å². The van der Waals surface area contributed by atoms with Crippen molar-refractivity contribution in [3.63, 3.8) is 0 Å². The first kappa shape index (κ1) is 11.7. The highest BCUT2D eigenvalue weighted by atomic mass is 35.5. The van der Waals surface area contributed by atoms with Crippen molar-refractivity contribution in [2.45, 2.75) is 38.2 Å². The molecule has 1 aliphatic rings. The van der Waals surface area contributed by atoms with Crippen molar-refractivity contribution in [1.82, 2.24) is 9.78 Å². The van der Waals surface area contributed by atoms with Crippen LogP contribution in [0.4, 0.5) is 0 Å². The molecule has 2 rings (SSSR count). The van der Waals surface area contributed by atoms with Crippen LogP contribution in [-0.2, 0) is 7.05 Å². The third-order valence-electron chi connectivity index (χ3n) is 3.09. The molecule has 1 atom stereocenters. The Kier molecular flexibility index (Phi) is 3.66. The van der Waals surface area contributed by atoms with Crippen molar-refractivity contribution in [3.8, 4) is 0 Å². The number of aliphatic hydroxyl groups is 1. The maximum atomic E-state index is 10.1. The van der Waals surface area contributed by atoms with Gasteiger partial charge in [0.2, 0.25) is 0 Å². The van der Waals surface area contributed by atoms with E-state index in [9.17, 15) is 5.11 Å². The Bertz CT molecular complexity index is 378. The zero-order valence-corrected chi connectivity index (χ0v) is 10.2. The number of hydrogen-bond acceptors (Lipinski definition) is 2. The molecule has 0 radical (unpaired) electrons. The average molecular weight is 241 g/mol. The normalized spacial score (nSPS) is 18.3. The van der Waals surface area contributed by atoms with Crippen LogP contribution in [0.3, 0.4) is 0 Å². The molecule has 1 unspecified atom stereocenters. The van der Waals surface area contributed by atoms with E-state index in [1.165, 1.54) is 18.4 Å². The molecule has 4 heteroatoms. The number of aryl methyl sites for hydroxylation is 1. The molecule has 0 saturated carbocycles. The van der Waals surface area contributed by atoms with E-state index in [4.69, 9.17) is 11.6 Å². The Morgan fingerprint density at radius 2 is 2.38 bits per heavy atom. The van der Waals surface area contributed by atoms with Crippen LogP contribution in [0.5, 0.6) is 0 Å². The summed E-state index contributed by atoms with van der Waals surface area (Å²) in [6.45, 7) is 0. The van der Waals surface area contributed by atoms with Crippen molar-refractivity contribution in [2.24, 2.45) is 7.05 Å². The molecule has 0 fully saturated rings. The standard InChI is InChI=1S/C12H17ClN2O/c1-15-12(10(13)8-14-15)11(16)7-9-5-3-2-4-6-9/h5,8,11,16H,2-4,6-7H2,1H3. The van der Waals surface area contributed by atoms with E-state index in [2.05, 4.69) is 11.2 Å². The van der Waals surface area contributed by atoms with Crippen molar-refractivity contribution < 1.29 is 5.11 Å². The summed E-state index contributed by atoms with van der Waals surface area (Å²) < 4.78 is 1.65. The lowest BCUT2D eigenvalue weighted by Crippen LogP contribution is -2.07. The predicted molar refractivity (Wildman–Crippen MR) is 64.3 cm³/mol. The molecule has 3 nitrogen and oxygen atoms in total. The fourth-order valence-corrected chi connectivity index (χ4v) is 2.52. The van der Waals surface area contributed by atoms with Crippen molar-refractivity contribution in [3.05, 3.63) is 28.6 Å². The average Bonchev–Trinajstić information content (AvgIpc) is 2.60. The van der Waals surface area contributed by atoms with E-state index >= 15 is 0 Å². The van der Waals surface area contributed by atoms with E-state index in [0.29, 0.717) is 17.1 Å². The fraction of sp³-hybridized carbons (Fsp3) is 0.583. The highest BCUT2D eigenvalue weighted by Crippen LogP contribution is 2.30. The molecule has 1 aliphatic carbocycles. The van der Waals surface area contributed by atoms with Gasteiger partial charge >= 0.3 is 0 Å². The Morgan fingerprint density at radius 3 is 2.94 bits per heavy atom. The predicted octanol–water partition coefficient (Wildman–Crippen LogP) is 3.00. The second-order valence-electron chi connectivity index (χ2n) is 4.33. The molecule has 1 N–H and O–H groups in total. The van der Waals surface area contributed by atoms with Gasteiger partial charge in [0.25, 0.3) is 0 Å². The minimum atomic E-state index is -0.538. The van der Waals surface area contributed by atoms with Crippen LogP contribution in [0.25, 0.3) is 0 Å². The first-order valence-electron chi connectivity index (χ1n) is 5.72. The molecule has 88 valence electrons. The smallest absolute Gasteiger partial charge is 0.101 e. The van der Waals surface area contributed by atoms with Gasteiger partial charge in [-0.1, -0.05) is 23.3 Å². The summed E-state index contributed by atoms with van der Waals surface area (Å²) in [4.78, 5) is 0. The van der Waals surface area contributed by atoms with Crippen molar-refractivity contribution in [1.29, 1.82) is 0 Å². The highest BCUT2D eigenvalue weighted by Gasteiger charge is 2.18. The second kappa shape index (κ2) is 5.02. The van der Waals surface area contributed by atoms with Crippen LogP contribution in [-0.4, -0.2) is 14.9 Å². The van der Waals surface area contributed by atoms with Gasteiger partial charge < -0.3 is 5.11 Å². The molecule has 1 aromatic rings. The van der Waals surface area contributed by atoms with E-state index in [1.807, 2.05) is 0 Å². The maximum Gasteiger partial charge on any atom is 0.101 e. The van der Waals surface area contributed by atoms with Gasteiger partial charge in [-0.3, -0.25) is 4.68 Å². The molecule has 1 heterocycles. The summed E-state index contributed by atoms with van der Waals surface area (Å²) in [5, 5.41) is 14.7. The topological polar surface area (TPSA) is 38.0 Å². The summed E-state index contributed by atoms with van der Waals surface area (Å²) in [6.07, 6.45) is 8.72. The van der Waals surface area contributed by atoms with Crippen molar-refractivity contribution >= 4 is 11.6 Å². The SMILES string of the molecule is Cn1ncc(Cl)c1C(O)CC1=CCCCC1. The van der Waals surface area contributed by atoms with Gasteiger partial charge in [0.05, 0.1) is 16.9 Å². The van der Waals surface area contributed by atoms with Gasteiger partial charge in [-0.15, -0.1) is 0 Å². The van der Waals surface area contributed by atoms with Gasteiger partial charge in [-0.2, -0.15) is 5.10 Å². The Morgan fingerprint density at radius 1 is 1.56 bits per heavy atom. The van der Waals surface area contributed by atoms with Gasteiger partial charge in [0.1, 0.15) is 6.10 Å². The quantitative estimate of drug-likeness (QED) is 0.825. The number of rotatable bonds is 3. The minimum Gasteiger partial charge on any atom is -0.386 e. The van der Waals surface area contributed by atoms with E-state index in [1.54, 1.807) is 17.9 Å². The number of halogens is 1. The zero-order chi connectivity index (χ0) is 11.5. The van der Waals surface area contributed by atoms with Gasteiger partial charge in [-0.05, 0) is 25.7 Å². The van der Waals surface area contributed by atoms with Crippen LogP contribution in [0, 0.1) is 0 Å². The highest BCUT2D eigenvalue weighted by molar-refractivity contribution is 6.31. The van der Waals surface area contributed by atoms with E-state index < -0.39 is 6.10 Å². The summed E-state index contributed by atoms with van der Waals surface area (Å²) in [7, 11) is 1.81. The third-order valence-corrected chi connectivity index (χ3v) is 3.39. The van der Waals surface area contributed by atoms with Crippen LogP contribution in [0.15, 0.2) is 17.8 Å². The summed E-state index contributed by atoms with van der Waals surface area (Å²) in [5.41, 5.74) is 2.06. The first-order chi connectivity index (χ1) is 7.68. The van der Waals surface area contributed by atoms with Crippen LogP contribution in [0.2, 0.25) is 5.02 Å². The van der Waals surface area contributed by atoms with Gasteiger partial charge in [-0.25, -0.2) is 0 Å². The molecule has 0 amide bonds. The summed E-state index contributed by atoms with van der Waals surface area (Å²) >= 11 is 5.99. The van der Waals surface area contributed by atoms with Gasteiger partial charge in [0, 0.05) is 13.5 Å². The minimum absolute atomic E-state index is 0.538. The molecule has 0 spiro atoms. The Hall–Kier alpha value is -0.800. The lowest BCUT2D eigenvalue weighted by molar-refractivity contribution is 0.167. The van der Waals surface area contributed by atoms with E-state index in [-0.39, 0.29) is 0 Å². The lowest BCUT2D eigenvalue weighted by atomic mass is 9.94. The largest absolute Gasteiger partial charge is 0.386 e. The zero-order valence-electron chi connectivity index (χ0n) is 9.49. The summed E-state index contributed by atoms with van der Waals surface area (Å²) in [5.74, 6) is 0. The molecular formula is C12H17ClN2O. The monoisotopic (exact) mass is 240 g/mol. The maximum absolute atomic E-state index is 10.1. The van der Waals surface area contributed by atoms with Crippen LogP contribution < -0.4 is 0 Å². The molecule has 0 saturated heterocycles. The molecule has 1 aromatic heterocycles. The second-order valence-corrected chi connectivity index (χ2v) is 4.74. The lowest BCUT2D eigenvalue weighted by Gasteiger charge is -2.17. The van der Waals surface area contributed by atoms with Crippen molar-refractivity contribution in [2.75, 3.05) is 0 Å². The Labute approximate surface area is 101 Å². The molecular weight excluding hydrogens is 224 g/mol. The van der Waals surface area contributed by atoms with Crippen LogP contribution >= 0.6 is 11.6 Å². The number of nitrogens with zero attached hydrogens (tertiary/aromatic N) is 2. The van der Waals surface area contributed by atoms with E-state index in [0.717, 1.165) is 12.8 Å². The Balaban J connectivity index is 2.08. The molecule has 16 heavy (non-hydrogen) atoms. The molecule has 0 aliphatic heterocycles. The third kappa shape index (κ3) is 2.47. The molecule has 0 bridgehead atoms. The summed E-state index contributed by atoms with van der Waals surface area (Å²) in [6, 6.07) is 0. The fourth-order valence-electron chi connectivity index (χ4n) is 2.23. The number of aliphatic hydroxyl groups excluding tert-OH is 1. The number of allylic oxidation sites excluding steroid dienone is 1. The number of aromatic nitrogens is 2. The number of hydrogen-bond donors (Lipinski definition) is 1. The van der Waals surface area contributed by atoms with Crippen LogP contribution in [0.1, 0.15) is 43.9 Å².